The molecule has 0 saturated heterocycles. The molecule has 39 heavy (non-hydrogen) atoms. The van der Waals surface area contributed by atoms with E-state index in [-0.39, 0.29) is 17.6 Å². The number of carbonyl (C=O) groups is 1. The number of rotatable bonds is 5. The summed E-state index contributed by atoms with van der Waals surface area (Å²) in [4.78, 5) is 34.1. The van der Waals surface area contributed by atoms with Crippen molar-refractivity contribution in [3.8, 4) is 34.0 Å². The molecule has 1 aliphatic rings. The van der Waals surface area contributed by atoms with Crippen LogP contribution in [0.25, 0.3) is 56.0 Å². The van der Waals surface area contributed by atoms with E-state index in [1.807, 2.05) is 18.2 Å². The number of aromatic amines is 2. The average Bonchev–Trinajstić information content (AvgIpc) is 3.72. The van der Waals surface area contributed by atoms with Crippen LogP contribution in [-0.2, 0) is 4.79 Å². The lowest BCUT2D eigenvalue weighted by Crippen LogP contribution is -2.20. The van der Waals surface area contributed by atoms with Gasteiger partial charge in [-0.1, -0.05) is 25.0 Å². The van der Waals surface area contributed by atoms with Crippen LogP contribution < -0.4 is 5.32 Å². The van der Waals surface area contributed by atoms with Gasteiger partial charge in [-0.3, -0.25) is 24.8 Å². The number of carbonyl (C=O) groups excluding carboxylic acids is 1. The fraction of sp³-hybridized carbons (Fsp3) is 0.172. The van der Waals surface area contributed by atoms with E-state index in [1.165, 1.54) is 12.1 Å². The number of amides is 1. The minimum Gasteiger partial charge on any atom is -0.336 e. The maximum absolute atomic E-state index is 13.9. The van der Waals surface area contributed by atoms with Crippen LogP contribution in [0.1, 0.15) is 25.7 Å². The number of benzene rings is 1. The summed E-state index contributed by atoms with van der Waals surface area (Å²) in [6.45, 7) is 0. The highest BCUT2D eigenvalue weighted by atomic mass is 19.1. The van der Waals surface area contributed by atoms with Gasteiger partial charge in [-0.15, -0.1) is 0 Å². The van der Waals surface area contributed by atoms with Gasteiger partial charge in [0.2, 0.25) is 5.91 Å². The molecule has 1 aromatic carbocycles. The van der Waals surface area contributed by atoms with Crippen LogP contribution in [0.5, 0.6) is 0 Å². The molecule has 9 nitrogen and oxygen atoms in total. The molecule has 0 bridgehead atoms. The second kappa shape index (κ2) is 9.39. The zero-order chi connectivity index (χ0) is 26.3. The van der Waals surface area contributed by atoms with Gasteiger partial charge >= 0.3 is 0 Å². The zero-order valence-electron chi connectivity index (χ0n) is 20.8. The Morgan fingerprint density at radius 1 is 0.949 bits per heavy atom. The van der Waals surface area contributed by atoms with Gasteiger partial charge in [0.25, 0.3) is 0 Å². The smallest absolute Gasteiger partial charge is 0.227 e. The quantitative estimate of drug-likeness (QED) is 0.261. The van der Waals surface area contributed by atoms with Crippen molar-refractivity contribution in [2.75, 3.05) is 5.32 Å². The lowest BCUT2D eigenvalue weighted by atomic mass is 10.1. The number of imidazole rings is 1. The fourth-order valence-electron chi connectivity index (χ4n) is 5.23. The average molecular weight is 519 g/mol. The Labute approximate surface area is 222 Å². The van der Waals surface area contributed by atoms with Crippen LogP contribution in [0, 0.1) is 11.7 Å². The predicted octanol–water partition coefficient (Wildman–Crippen LogP) is 5.89. The molecule has 5 aromatic heterocycles. The first kappa shape index (κ1) is 23.2. The number of hydrogen-bond acceptors (Lipinski definition) is 6. The van der Waals surface area contributed by atoms with E-state index in [9.17, 15) is 9.18 Å². The van der Waals surface area contributed by atoms with Crippen molar-refractivity contribution in [3.63, 3.8) is 0 Å². The van der Waals surface area contributed by atoms with E-state index in [4.69, 9.17) is 4.98 Å². The standard InChI is InChI=1S/C29H23FN8O/c30-19-7-3-6-17(10-19)25-27-22(8-9-32-25)35-28(36-27)26-21-12-23(33-15-24(21)37-38-26)18-11-20(14-31-13-18)34-29(39)16-4-1-2-5-16/h3,6-16H,1-2,4-5H2,(H,34,39)(H,35,36)(H,37,38). The molecule has 192 valence electrons. The SMILES string of the molecule is O=C(Nc1cncc(-c2cc3c(-c4nc5c(-c6cccc(F)c6)nccc5[nH]4)n[nH]c3cn2)c1)C1CCCC1. The number of halogens is 1. The van der Waals surface area contributed by atoms with Gasteiger partial charge < -0.3 is 10.3 Å². The normalized spacial score (nSPS) is 13.9. The molecule has 0 unspecified atom stereocenters. The van der Waals surface area contributed by atoms with Crippen LogP contribution in [0.3, 0.4) is 0 Å². The fourth-order valence-corrected chi connectivity index (χ4v) is 5.23. The first-order chi connectivity index (χ1) is 19.1. The van der Waals surface area contributed by atoms with E-state index in [1.54, 1.807) is 36.9 Å². The number of H-pyrrole nitrogens is 2. The molecule has 1 saturated carbocycles. The van der Waals surface area contributed by atoms with E-state index in [2.05, 4.69) is 35.5 Å². The molecule has 0 radical (unpaired) electrons. The number of aromatic nitrogens is 7. The van der Waals surface area contributed by atoms with Crippen LogP contribution in [0.4, 0.5) is 10.1 Å². The Morgan fingerprint density at radius 2 is 1.85 bits per heavy atom. The molecule has 1 amide bonds. The molecule has 0 aliphatic heterocycles. The van der Waals surface area contributed by atoms with Gasteiger partial charge in [0, 0.05) is 34.8 Å². The lowest BCUT2D eigenvalue weighted by Gasteiger charge is -2.11. The summed E-state index contributed by atoms with van der Waals surface area (Å²) in [5.41, 5.74) is 6.09. The van der Waals surface area contributed by atoms with Crippen molar-refractivity contribution in [2.24, 2.45) is 5.92 Å². The maximum atomic E-state index is 13.9. The zero-order valence-corrected chi connectivity index (χ0v) is 20.8. The number of pyridine rings is 3. The third-order valence-electron chi connectivity index (χ3n) is 7.20. The molecule has 0 spiro atoms. The Hall–Kier alpha value is -4.99. The van der Waals surface area contributed by atoms with Gasteiger partial charge in [-0.2, -0.15) is 5.10 Å². The van der Waals surface area contributed by atoms with Crippen molar-refractivity contribution in [2.45, 2.75) is 25.7 Å². The molecule has 6 aromatic rings. The Morgan fingerprint density at radius 3 is 2.72 bits per heavy atom. The van der Waals surface area contributed by atoms with E-state index in [0.717, 1.165) is 47.7 Å². The molecule has 0 atom stereocenters. The number of hydrogen-bond donors (Lipinski definition) is 3. The van der Waals surface area contributed by atoms with Crippen LogP contribution in [-0.4, -0.2) is 41.0 Å². The summed E-state index contributed by atoms with van der Waals surface area (Å²) in [5.74, 6) is 0.327. The van der Waals surface area contributed by atoms with Crippen molar-refractivity contribution >= 4 is 33.5 Å². The number of anilines is 1. The van der Waals surface area contributed by atoms with E-state index < -0.39 is 0 Å². The summed E-state index contributed by atoms with van der Waals surface area (Å²) in [5, 5.41) is 11.4. The number of fused-ring (bicyclic) bond motifs is 2. The molecule has 3 N–H and O–H groups in total. The van der Waals surface area contributed by atoms with Gasteiger partial charge in [0.15, 0.2) is 5.82 Å². The lowest BCUT2D eigenvalue weighted by molar-refractivity contribution is -0.119. The third-order valence-corrected chi connectivity index (χ3v) is 7.20. The molecular weight excluding hydrogens is 495 g/mol. The van der Waals surface area contributed by atoms with Crippen molar-refractivity contribution < 1.29 is 9.18 Å². The van der Waals surface area contributed by atoms with Crippen molar-refractivity contribution in [1.82, 2.24) is 35.1 Å². The third kappa shape index (κ3) is 4.29. The highest BCUT2D eigenvalue weighted by Gasteiger charge is 2.23. The number of nitrogens with one attached hydrogen (secondary N) is 3. The second-order valence-corrected chi connectivity index (χ2v) is 9.77. The molecule has 10 heteroatoms. The largest absolute Gasteiger partial charge is 0.336 e. The molecule has 7 rings (SSSR count). The summed E-state index contributed by atoms with van der Waals surface area (Å²) in [6.07, 6.45) is 10.8. The van der Waals surface area contributed by atoms with Gasteiger partial charge in [-0.25, -0.2) is 9.37 Å². The molecule has 5 heterocycles. The first-order valence-corrected chi connectivity index (χ1v) is 12.8. The Bertz CT molecular complexity index is 1850. The molecular formula is C29H23FN8O. The van der Waals surface area contributed by atoms with Crippen LogP contribution >= 0.6 is 0 Å². The van der Waals surface area contributed by atoms with Crippen molar-refractivity contribution in [3.05, 3.63) is 73.1 Å². The van der Waals surface area contributed by atoms with Crippen LogP contribution in [0.15, 0.2) is 67.3 Å². The summed E-state index contributed by atoms with van der Waals surface area (Å²) >= 11 is 0. The number of nitrogens with zero attached hydrogens (tertiary/aromatic N) is 5. The molecule has 1 aliphatic carbocycles. The highest BCUT2D eigenvalue weighted by molar-refractivity contribution is 5.97. The Kier molecular flexibility index (Phi) is 5.58. The summed E-state index contributed by atoms with van der Waals surface area (Å²) in [7, 11) is 0. The predicted molar refractivity (Wildman–Crippen MR) is 146 cm³/mol. The molecule has 1 fully saturated rings. The monoisotopic (exact) mass is 518 g/mol. The summed E-state index contributed by atoms with van der Waals surface area (Å²) < 4.78 is 13.9. The Balaban J connectivity index is 1.25. The van der Waals surface area contributed by atoms with E-state index >= 15 is 0 Å². The maximum Gasteiger partial charge on any atom is 0.227 e. The van der Waals surface area contributed by atoms with Crippen LogP contribution in [0.2, 0.25) is 0 Å². The minimum atomic E-state index is -0.336. The topological polar surface area (TPSA) is 125 Å². The summed E-state index contributed by atoms with van der Waals surface area (Å²) in [6, 6.07) is 11.9. The van der Waals surface area contributed by atoms with Gasteiger partial charge in [0.1, 0.15) is 17.0 Å². The minimum absolute atomic E-state index is 0.0453. The second-order valence-electron chi connectivity index (χ2n) is 9.77. The van der Waals surface area contributed by atoms with Crippen molar-refractivity contribution in [1.29, 1.82) is 0 Å². The van der Waals surface area contributed by atoms with E-state index in [0.29, 0.717) is 39.7 Å². The van der Waals surface area contributed by atoms with Gasteiger partial charge in [-0.05, 0) is 43.2 Å². The highest BCUT2D eigenvalue weighted by Crippen LogP contribution is 2.32. The van der Waals surface area contributed by atoms with Gasteiger partial charge in [0.05, 0.1) is 40.5 Å². The first-order valence-electron chi connectivity index (χ1n) is 12.8.